The maximum atomic E-state index is 12.7. The maximum Gasteiger partial charge on any atom is 0.469 e. The fraction of sp³-hybridized carbons (Fsp3) is 0.474. The molecule has 0 bridgehead atoms. The van der Waals surface area contributed by atoms with Gasteiger partial charge in [0, 0.05) is 6.54 Å². The Kier molecular flexibility index (Phi) is 7.58. The van der Waals surface area contributed by atoms with Gasteiger partial charge in [-0.2, -0.15) is 0 Å². The molecule has 31 heavy (non-hydrogen) atoms. The predicted octanol–water partition coefficient (Wildman–Crippen LogP) is 2.20. The number of phosphoric ester groups is 1. The Labute approximate surface area is 182 Å². The fourth-order valence-corrected chi connectivity index (χ4v) is 7.51. The first kappa shape index (κ1) is 24.3. The number of phosphoric acid groups is 1. The molecule has 1 aliphatic carbocycles. The molecule has 1 atom stereocenters. The molecule has 3 N–H and O–H groups in total. The van der Waals surface area contributed by atoms with Crippen LogP contribution in [0.15, 0.2) is 47.4 Å². The van der Waals surface area contributed by atoms with Crippen LogP contribution in [-0.2, 0) is 28.9 Å². The average Bonchev–Trinajstić information content (AvgIpc) is 3.16. The smallest absolute Gasteiger partial charge is 0.303 e. The van der Waals surface area contributed by atoms with Gasteiger partial charge in [0.05, 0.1) is 22.5 Å². The highest BCUT2D eigenvalue weighted by Crippen LogP contribution is 2.38. The van der Waals surface area contributed by atoms with E-state index < -0.39 is 46.1 Å². The molecule has 2 aromatic rings. The Bertz CT molecular complexity index is 1170. The zero-order valence-corrected chi connectivity index (χ0v) is 19.3. The molecule has 12 heteroatoms. The van der Waals surface area contributed by atoms with Crippen molar-refractivity contribution < 1.29 is 35.7 Å². The minimum absolute atomic E-state index is 0.00926. The van der Waals surface area contributed by atoms with E-state index in [4.69, 9.17) is 9.79 Å². The number of fused-ring (bicyclic) bond motifs is 1. The van der Waals surface area contributed by atoms with Crippen molar-refractivity contribution in [1.29, 1.82) is 0 Å². The minimum atomic E-state index is -5.03. The van der Waals surface area contributed by atoms with Crippen LogP contribution in [0.1, 0.15) is 25.7 Å². The number of hydrogen-bond acceptors (Lipinski definition) is 6. The number of sulfonamides is 1. The Balaban J connectivity index is 1.73. The van der Waals surface area contributed by atoms with Crippen molar-refractivity contribution in [3.05, 3.63) is 42.5 Å². The third-order valence-corrected chi connectivity index (χ3v) is 9.08. The number of sulfone groups is 1. The standard InChI is InChI=1S/C19H26NO8PS2/c21-29(22,23)28-18(14-30(24,25)13-15-5-1-2-6-15)12-20-31(26,27)19-10-9-16-7-3-4-8-17(16)11-19/h3-4,7-11,15,18,20H,1-2,5-6,12-14H2,(H2,21,22,23). The molecule has 172 valence electrons. The molecular weight excluding hydrogens is 465 g/mol. The summed E-state index contributed by atoms with van der Waals surface area (Å²) in [6.07, 6.45) is 1.96. The van der Waals surface area contributed by atoms with E-state index in [1.165, 1.54) is 12.1 Å². The summed E-state index contributed by atoms with van der Waals surface area (Å²) in [4.78, 5) is 18.3. The largest absolute Gasteiger partial charge is 0.469 e. The lowest BCUT2D eigenvalue weighted by Crippen LogP contribution is -2.38. The molecule has 1 unspecified atom stereocenters. The van der Waals surface area contributed by atoms with Gasteiger partial charge >= 0.3 is 7.82 Å². The van der Waals surface area contributed by atoms with Crippen LogP contribution in [0.3, 0.4) is 0 Å². The monoisotopic (exact) mass is 491 g/mol. The molecule has 0 amide bonds. The van der Waals surface area contributed by atoms with Gasteiger partial charge in [0.2, 0.25) is 10.0 Å². The summed E-state index contributed by atoms with van der Waals surface area (Å²) in [6.45, 7) is -0.593. The SMILES string of the molecule is O=P(O)(O)OC(CNS(=O)(=O)c1ccc2ccccc2c1)CS(=O)(=O)CC1CCCC1. The average molecular weight is 492 g/mol. The van der Waals surface area contributed by atoms with Gasteiger partial charge in [-0.1, -0.05) is 43.2 Å². The lowest BCUT2D eigenvalue weighted by atomic mass is 10.1. The highest BCUT2D eigenvalue weighted by atomic mass is 32.2. The van der Waals surface area contributed by atoms with Crippen LogP contribution in [0.2, 0.25) is 0 Å². The summed E-state index contributed by atoms with van der Waals surface area (Å²) in [5.41, 5.74) is 0. The summed E-state index contributed by atoms with van der Waals surface area (Å²) >= 11 is 0. The Hall–Kier alpha value is -1.33. The highest BCUT2D eigenvalue weighted by molar-refractivity contribution is 7.91. The van der Waals surface area contributed by atoms with Gasteiger partial charge in [0.15, 0.2) is 9.84 Å². The van der Waals surface area contributed by atoms with Crippen LogP contribution >= 0.6 is 7.82 Å². The normalized spacial score (nSPS) is 17.2. The van der Waals surface area contributed by atoms with E-state index in [0.29, 0.717) is 5.39 Å². The van der Waals surface area contributed by atoms with E-state index in [1.54, 1.807) is 18.2 Å². The summed E-state index contributed by atoms with van der Waals surface area (Å²) in [7, 11) is -12.8. The quantitative estimate of drug-likeness (QED) is 0.429. The molecule has 0 heterocycles. The second-order valence-corrected chi connectivity index (χ2v) is 12.9. The molecule has 2 aromatic carbocycles. The highest BCUT2D eigenvalue weighted by Gasteiger charge is 2.31. The molecule has 0 spiro atoms. The van der Waals surface area contributed by atoms with Gasteiger partial charge < -0.3 is 9.79 Å². The van der Waals surface area contributed by atoms with Crippen LogP contribution in [-0.4, -0.2) is 50.8 Å². The number of benzene rings is 2. The second-order valence-electron chi connectivity index (χ2n) is 7.81. The third-order valence-electron chi connectivity index (χ3n) is 5.22. The van der Waals surface area contributed by atoms with E-state index in [-0.39, 0.29) is 16.6 Å². The number of rotatable bonds is 10. The summed E-state index contributed by atoms with van der Waals surface area (Å²) in [5, 5.41) is 1.55. The van der Waals surface area contributed by atoms with Gasteiger partial charge in [-0.25, -0.2) is 26.1 Å². The first-order valence-electron chi connectivity index (χ1n) is 9.86. The van der Waals surface area contributed by atoms with Crippen LogP contribution in [0.4, 0.5) is 0 Å². The maximum absolute atomic E-state index is 12.7. The second kappa shape index (κ2) is 9.66. The van der Waals surface area contributed by atoms with Gasteiger partial charge in [-0.05, 0) is 41.7 Å². The molecule has 0 aliphatic heterocycles. The van der Waals surface area contributed by atoms with Crippen molar-refractivity contribution in [3.63, 3.8) is 0 Å². The molecular formula is C19H26NO8PS2. The first-order chi connectivity index (χ1) is 14.4. The fourth-order valence-electron chi connectivity index (χ4n) is 3.83. The first-order valence-corrected chi connectivity index (χ1v) is 14.7. The van der Waals surface area contributed by atoms with Crippen molar-refractivity contribution >= 4 is 38.5 Å². The van der Waals surface area contributed by atoms with Gasteiger partial charge in [0.25, 0.3) is 0 Å². The lowest BCUT2D eigenvalue weighted by Gasteiger charge is -2.20. The van der Waals surface area contributed by atoms with Gasteiger partial charge in [-0.3, -0.25) is 4.52 Å². The molecule has 0 saturated heterocycles. The Morgan fingerprint density at radius 3 is 2.32 bits per heavy atom. The summed E-state index contributed by atoms with van der Waals surface area (Å²) in [5.74, 6) is -0.782. The van der Waals surface area contributed by atoms with Crippen molar-refractivity contribution in [2.45, 2.75) is 36.7 Å². The van der Waals surface area contributed by atoms with Crippen molar-refractivity contribution in [3.8, 4) is 0 Å². The summed E-state index contributed by atoms with van der Waals surface area (Å²) in [6, 6.07) is 11.7. The lowest BCUT2D eigenvalue weighted by molar-refractivity contribution is 0.148. The molecule has 3 rings (SSSR count). The molecule has 0 radical (unpaired) electrons. The predicted molar refractivity (Wildman–Crippen MR) is 117 cm³/mol. The molecule has 1 saturated carbocycles. The number of hydrogen-bond donors (Lipinski definition) is 3. The zero-order chi connectivity index (χ0) is 22.7. The Morgan fingerprint density at radius 1 is 1.03 bits per heavy atom. The molecule has 1 aliphatic rings. The van der Waals surface area contributed by atoms with Crippen LogP contribution in [0.25, 0.3) is 10.8 Å². The Morgan fingerprint density at radius 2 is 1.68 bits per heavy atom. The van der Waals surface area contributed by atoms with Crippen molar-refractivity contribution in [2.24, 2.45) is 5.92 Å². The third kappa shape index (κ3) is 7.35. The minimum Gasteiger partial charge on any atom is -0.303 e. The van der Waals surface area contributed by atoms with Gasteiger partial charge in [-0.15, -0.1) is 0 Å². The van der Waals surface area contributed by atoms with Crippen LogP contribution in [0.5, 0.6) is 0 Å². The van der Waals surface area contributed by atoms with E-state index >= 15 is 0 Å². The molecule has 0 aromatic heterocycles. The van der Waals surface area contributed by atoms with E-state index in [1.807, 2.05) is 12.1 Å². The number of nitrogens with one attached hydrogen (secondary N) is 1. The van der Waals surface area contributed by atoms with E-state index in [0.717, 1.165) is 31.1 Å². The van der Waals surface area contributed by atoms with Crippen molar-refractivity contribution in [2.75, 3.05) is 18.1 Å². The topological polar surface area (TPSA) is 147 Å². The van der Waals surface area contributed by atoms with Crippen LogP contribution < -0.4 is 4.72 Å². The molecule has 1 fully saturated rings. The molecule has 9 nitrogen and oxygen atoms in total. The summed E-state index contributed by atoms with van der Waals surface area (Å²) < 4.78 is 68.5. The zero-order valence-electron chi connectivity index (χ0n) is 16.8. The van der Waals surface area contributed by atoms with E-state index in [9.17, 15) is 21.4 Å². The van der Waals surface area contributed by atoms with E-state index in [2.05, 4.69) is 9.25 Å². The van der Waals surface area contributed by atoms with Gasteiger partial charge in [0.1, 0.15) is 0 Å². The van der Waals surface area contributed by atoms with Crippen LogP contribution in [0, 0.1) is 5.92 Å². The van der Waals surface area contributed by atoms with Crippen molar-refractivity contribution in [1.82, 2.24) is 4.72 Å².